The van der Waals surface area contributed by atoms with Crippen molar-refractivity contribution in [1.82, 2.24) is 10.6 Å². The van der Waals surface area contributed by atoms with E-state index in [1.807, 2.05) is 0 Å². The van der Waals surface area contributed by atoms with Crippen molar-refractivity contribution < 1.29 is 27.4 Å². The number of primary amides is 1. The van der Waals surface area contributed by atoms with Crippen LogP contribution in [0.25, 0.3) is 0 Å². The molecule has 0 saturated heterocycles. The first-order valence-electron chi connectivity index (χ1n) is 9.42. The molecule has 2 rings (SSSR count). The molecule has 1 amide bonds. The molecule has 176 valence electrons. The number of alkyl halides is 2. The molecule has 0 spiro atoms. The highest BCUT2D eigenvalue weighted by Gasteiger charge is 2.17. The maximum absolute atomic E-state index is 13.1. The minimum Gasteiger partial charge on any atom is -0.497 e. The van der Waals surface area contributed by atoms with Gasteiger partial charge in [-0.2, -0.15) is 8.78 Å². The zero-order chi connectivity index (χ0) is 22.8. The van der Waals surface area contributed by atoms with Crippen molar-refractivity contribution in [3.8, 4) is 11.5 Å². The van der Waals surface area contributed by atoms with E-state index < -0.39 is 18.4 Å². The Balaban J connectivity index is 0.00000512. The average molecular weight is 566 g/mol. The summed E-state index contributed by atoms with van der Waals surface area (Å²) in [7, 11) is 2.99. The summed E-state index contributed by atoms with van der Waals surface area (Å²) in [5.41, 5.74) is 6.69. The Morgan fingerprint density at radius 3 is 2.41 bits per heavy atom. The number of amides is 1. The van der Waals surface area contributed by atoms with E-state index >= 15 is 0 Å². The first-order valence-corrected chi connectivity index (χ1v) is 9.42. The third-order valence-electron chi connectivity index (χ3n) is 4.47. The number of ether oxygens (including phenoxy) is 2. The van der Waals surface area contributed by atoms with E-state index in [9.17, 15) is 18.0 Å². The molecule has 0 bridgehead atoms. The number of carbonyl (C=O) groups is 1. The van der Waals surface area contributed by atoms with Crippen LogP contribution in [0.2, 0.25) is 0 Å². The van der Waals surface area contributed by atoms with Gasteiger partial charge >= 0.3 is 6.61 Å². The molecule has 0 heterocycles. The van der Waals surface area contributed by atoms with Gasteiger partial charge in [0.15, 0.2) is 5.96 Å². The third kappa shape index (κ3) is 8.81. The van der Waals surface area contributed by atoms with Crippen molar-refractivity contribution >= 4 is 35.8 Å². The van der Waals surface area contributed by atoms with Crippen molar-refractivity contribution in [1.29, 1.82) is 0 Å². The molecule has 0 radical (unpaired) electrons. The van der Waals surface area contributed by atoms with E-state index in [-0.39, 0.29) is 48.6 Å². The van der Waals surface area contributed by atoms with Crippen LogP contribution in [0.1, 0.15) is 11.1 Å². The van der Waals surface area contributed by atoms with Gasteiger partial charge in [-0.25, -0.2) is 4.39 Å². The predicted molar refractivity (Wildman–Crippen MR) is 126 cm³/mol. The molecule has 1 unspecified atom stereocenters. The van der Waals surface area contributed by atoms with Gasteiger partial charge < -0.3 is 25.8 Å². The van der Waals surface area contributed by atoms with Crippen LogP contribution in [-0.2, 0) is 17.8 Å². The third-order valence-corrected chi connectivity index (χ3v) is 4.47. The second kappa shape index (κ2) is 13.7. The van der Waals surface area contributed by atoms with Gasteiger partial charge in [0.1, 0.15) is 17.3 Å². The van der Waals surface area contributed by atoms with E-state index in [4.69, 9.17) is 10.5 Å². The number of hydrogen-bond acceptors (Lipinski definition) is 4. The highest BCUT2D eigenvalue weighted by atomic mass is 127. The van der Waals surface area contributed by atoms with E-state index in [2.05, 4.69) is 20.4 Å². The zero-order valence-corrected chi connectivity index (χ0v) is 19.9. The summed E-state index contributed by atoms with van der Waals surface area (Å²) in [6, 6.07) is 10.3. The zero-order valence-electron chi connectivity index (χ0n) is 17.6. The summed E-state index contributed by atoms with van der Waals surface area (Å²) in [6.45, 7) is -2.68. The van der Waals surface area contributed by atoms with E-state index in [1.165, 1.54) is 38.4 Å². The minimum atomic E-state index is -2.97. The number of methoxy groups -OCH3 is 1. The Morgan fingerprint density at radius 2 is 1.84 bits per heavy atom. The van der Waals surface area contributed by atoms with E-state index in [0.29, 0.717) is 23.7 Å². The van der Waals surface area contributed by atoms with Gasteiger partial charge in [-0.05, 0) is 42.3 Å². The molecule has 11 heteroatoms. The lowest BCUT2D eigenvalue weighted by Crippen LogP contribution is -2.42. The molecule has 0 saturated carbocycles. The van der Waals surface area contributed by atoms with Crippen LogP contribution >= 0.6 is 24.0 Å². The summed E-state index contributed by atoms with van der Waals surface area (Å²) < 4.78 is 48.1. The van der Waals surface area contributed by atoms with Gasteiger partial charge in [-0.15, -0.1) is 24.0 Å². The fraction of sp³-hybridized carbons (Fsp3) is 0.333. The maximum Gasteiger partial charge on any atom is 0.387 e. The number of nitrogens with one attached hydrogen (secondary N) is 2. The van der Waals surface area contributed by atoms with Crippen LogP contribution in [-0.4, -0.2) is 39.2 Å². The van der Waals surface area contributed by atoms with Crippen molar-refractivity contribution in [3.63, 3.8) is 0 Å². The Labute approximate surface area is 201 Å². The minimum absolute atomic E-state index is 0. The number of nitrogens with two attached hydrogens (primary N) is 1. The van der Waals surface area contributed by atoms with Crippen LogP contribution in [0.4, 0.5) is 13.2 Å². The number of guanidine groups is 1. The van der Waals surface area contributed by atoms with Gasteiger partial charge in [0.2, 0.25) is 5.91 Å². The molecule has 0 aliphatic heterocycles. The Hall–Kier alpha value is -2.70. The fourth-order valence-corrected chi connectivity index (χ4v) is 2.83. The second-order valence-electron chi connectivity index (χ2n) is 6.59. The molecule has 0 aliphatic rings. The smallest absolute Gasteiger partial charge is 0.387 e. The number of rotatable bonds is 10. The summed E-state index contributed by atoms with van der Waals surface area (Å²) in [6.07, 6.45) is 0.321. The lowest BCUT2D eigenvalue weighted by molar-refractivity contribution is -0.121. The number of benzene rings is 2. The Bertz CT molecular complexity index is 898. The molecule has 7 nitrogen and oxygen atoms in total. The Kier molecular flexibility index (Phi) is 11.7. The molecular weight excluding hydrogens is 540 g/mol. The van der Waals surface area contributed by atoms with Gasteiger partial charge in [0, 0.05) is 25.7 Å². The van der Waals surface area contributed by atoms with Gasteiger partial charge in [-0.3, -0.25) is 9.79 Å². The highest BCUT2D eigenvalue weighted by molar-refractivity contribution is 14.0. The molecule has 0 aliphatic carbocycles. The average Bonchev–Trinajstić information content (AvgIpc) is 2.74. The molecule has 2 aromatic carbocycles. The van der Waals surface area contributed by atoms with Gasteiger partial charge in [0.25, 0.3) is 0 Å². The first-order chi connectivity index (χ1) is 14.8. The summed E-state index contributed by atoms with van der Waals surface area (Å²) in [5.74, 6) is -0.642. The highest BCUT2D eigenvalue weighted by Crippen LogP contribution is 2.25. The molecule has 0 fully saturated rings. The van der Waals surface area contributed by atoms with Crippen LogP contribution in [0, 0.1) is 11.7 Å². The van der Waals surface area contributed by atoms with E-state index in [0.717, 1.165) is 5.56 Å². The van der Waals surface area contributed by atoms with Gasteiger partial charge in [-0.1, -0.05) is 12.1 Å². The lowest BCUT2D eigenvalue weighted by Gasteiger charge is -2.18. The summed E-state index contributed by atoms with van der Waals surface area (Å²) in [4.78, 5) is 15.9. The standard InChI is InChI=1S/C21H25F3N4O3.HI/c1-26-21(27-11-14-10-17(30-2)7-8-18(14)31-20(23)24)28-12-15(19(25)29)9-13-3-5-16(22)6-4-13;/h3-8,10,15,20H,9,11-12H2,1-2H3,(H2,25,29)(H2,26,27,28);1H. The molecular formula is C21H26F3IN4O3. The number of carbonyl (C=O) groups excluding carboxylic acids is 1. The quantitative estimate of drug-likeness (QED) is 0.234. The van der Waals surface area contributed by atoms with Crippen LogP contribution in [0.15, 0.2) is 47.5 Å². The van der Waals surface area contributed by atoms with Crippen LogP contribution in [0.5, 0.6) is 11.5 Å². The monoisotopic (exact) mass is 566 g/mol. The summed E-state index contributed by atoms with van der Waals surface area (Å²) in [5, 5.41) is 5.96. The van der Waals surface area contributed by atoms with Crippen LogP contribution < -0.4 is 25.8 Å². The number of halogens is 4. The first kappa shape index (κ1) is 27.3. The SMILES string of the molecule is CN=C(NCc1cc(OC)ccc1OC(F)F)NCC(Cc1ccc(F)cc1)C(N)=O.I. The van der Waals surface area contributed by atoms with Crippen molar-refractivity contribution in [2.24, 2.45) is 16.6 Å². The van der Waals surface area contributed by atoms with Crippen molar-refractivity contribution in [2.75, 3.05) is 20.7 Å². The molecule has 2 aromatic rings. The van der Waals surface area contributed by atoms with Gasteiger partial charge in [0.05, 0.1) is 13.0 Å². The second-order valence-corrected chi connectivity index (χ2v) is 6.59. The lowest BCUT2D eigenvalue weighted by atomic mass is 9.98. The Morgan fingerprint density at radius 1 is 1.16 bits per heavy atom. The largest absolute Gasteiger partial charge is 0.497 e. The van der Waals surface area contributed by atoms with Crippen LogP contribution in [0.3, 0.4) is 0 Å². The number of nitrogens with zero attached hydrogens (tertiary/aromatic N) is 1. The van der Waals surface area contributed by atoms with E-state index in [1.54, 1.807) is 18.2 Å². The molecule has 4 N–H and O–H groups in total. The summed E-state index contributed by atoms with van der Waals surface area (Å²) >= 11 is 0. The molecule has 1 atom stereocenters. The molecule has 32 heavy (non-hydrogen) atoms. The fourth-order valence-electron chi connectivity index (χ4n) is 2.83. The van der Waals surface area contributed by atoms with Crippen molar-refractivity contribution in [2.45, 2.75) is 19.6 Å². The molecule has 0 aromatic heterocycles. The van der Waals surface area contributed by atoms with Crippen molar-refractivity contribution in [3.05, 3.63) is 59.4 Å². The maximum atomic E-state index is 13.1. The number of aliphatic imine (C=N–C) groups is 1. The predicted octanol–water partition coefficient (Wildman–Crippen LogP) is 3.06. The number of hydrogen-bond donors (Lipinski definition) is 3. The topological polar surface area (TPSA) is 98.0 Å². The normalized spacial score (nSPS) is 12.0.